The van der Waals surface area contributed by atoms with Gasteiger partial charge in [0, 0.05) is 42.1 Å². The van der Waals surface area contributed by atoms with Crippen molar-refractivity contribution >= 4 is 16.8 Å². The van der Waals surface area contributed by atoms with E-state index in [1.165, 1.54) is 18.2 Å². The molecule has 2 N–H and O–H groups in total. The SMILES string of the molecule is COCC1(CNC(=O)C2CC(Cc3c(-c4ccc(F)cc4)[nH]c4c(F)cc(F)cc34)C2)CC1. The van der Waals surface area contributed by atoms with Crippen LogP contribution in [0.5, 0.6) is 0 Å². The first-order chi connectivity index (χ1) is 15.9. The van der Waals surface area contributed by atoms with Crippen LogP contribution in [0.15, 0.2) is 36.4 Å². The second kappa shape index (κ2) is 8.52. The topological polar surface area (TPSA) is 54.1 Å². The van der Waals surface area contributed by atoms with Gasteiger partial charge in [-0.15, -0.1) is 0 Å². The number of ether oxygens (including phenoxy) is 1. The Morgan fingerprint density at radius 2 is 1.85 bits per heavy atom. The maximum atomic E-state index is 14.5. The number of rotatable bonds is 8. The summed E-state index contributed by atoms with van der Waals surface area (Å²) in [5.41, 5.74) is 2.53. The van der Waals surface area contributed by atoms with Gasteiger partial charge < -0.3 is 15.0 Å². The molecule has 2 aliphatic carbocycles. The second-order valence-corrected chi connectivity index (χ2v) is 9.68. The molecule has 4 nitrogen and oxygen atoms in total. The Kier molecular flexibility index (Phi) is 5.69. The molecule has 0 saturated heterocycles. The fraction of sp³-hybridized carbons (Fsp3) is 0.423. The summed E-state index contributed by atoms with van der Waals surface area (Å²) in [5, 5.41) is 3.57. The highest BCUT2D eigenvalue weighted by Gasteiger charge is 2.44. The molecule has 1 heterocycles. The maximum Gasteiger partial charge on any atom is 0.223 e. The van der Waals surface area contributed by atoms with Gasteiger partial charge >= 0.3 is 0 Å². The van der Waals surface area contributed by atoms with Crippen molar-refractivity contribution in [2.45, 2.75) is 32.1 Å². The lowest BCUT2D eigenvalue weighted by atomic mass is 9.71. The average molecular weight is 457 g/mol. The Balaban J connectivity index is 1.31. The first kappa shape index (κ1) is 22.0. The Morgan fingerprint density at radius 1 is 1.12 bits per heavy atom. The van der Waals surface area contributed by atoms with E-state index in [0.29, 0.717) is 36.2 Å². The van der Waals surface area contributed by atoms with Gasteiger partial charge in [-0.1, -0.05) is 0 Å². The van der Waals surface area contributed by atoms with E-state index in [0.717, 1.165) is 37.3 Å². The van der Waals surface area contributed by atoms with Crippen LogP contribution in [-0.4, -0.2) is 31.2 Å². The molecule has 0 atom stereocenters. The molecule has 2 fully saturated rings. The lowest BCUT2D eigenvalue weighted by Gasteiger charge is -2.35. The van der Waals surface area contributed by atoms with E-state index in [2.05, 4.69) is 10.3 Å². The fourth-order valence-electron chi connectivity index (χ4n) is 5.03. The second-order valence-electron chi connectivity index (χ2n) is 9.68. The largest absolute Gasteiger partial charge is 0.384 e. The van der Waals surface area contributed by atoms with Crippen LogP contribution >= 0.6 is 0 Å². The van der Waals surface area contributed by atoms with E-state index in [4.69, 9.17) is 4.74 Å². The van der Waals surface area contributed by atoms with Crippen LogP contribution in [-0.2, 0) is 16.0 Å². The summed E-state index contributed by atoms with van der Waals surface area (Å²) < 4.78 is 47.2. The lowest BCUT2D eigenvalue weighted by Crippen LogP contribution is -2.42. The van der Waals surface area contributed by atoms with Gasteiger partial charge in [0.25, 0.3) is 0 Å². The van der Waals surface area contributed by atoms with Crippen molar-refractivity contribution in [1.29, 1.82) is 0 Å². The number of H-pyrrole nitrogens is 1. The third-order valence-electron chi connectivity index (χ3n) is 7.21. The zero-order valence-electron chi connectivity index (χ0n) is 18.5. The highest BCUT2D eigenvalue weighted by molar-refractivity contribution is 5.91. The van der Waals surface area contributed by atoms with Gasteiger partial charge in [0.15, 0.2) is 0 Å². The normalized spacial score (nSPS) is 21.1. The molecule has 174 valence electrons. The lowest BCUT2D eigenvalue weighted by molar-refractivity contribution is -0.129. The predicted octanol–water partition coefficient (Wildman–Crippen LogP) is 5.36. The minimum Gasteiger partial charge on any atom is -0.384 e. The van der Waals surface area contributed by atoms with Crippen LogP contribution in [0.3, 0.4) is 0 Å². The Bertz CT molecular complexity index is 1180. The summed E-state index contributed by atoms with van der Waals surface area (Å²) in [6, 6.07) is 8.15. The van der Waals surface area contributed by atoms with Crippen LogP contribution in [0, 0.1) is 34.7 Å². The molecular weight excluding hydrogens is 429 g/mol. The van der Waals surface area contributed by atoms with E-state index in [1.807, 2.05) is 0 Å². The number of fused-ring (bicyclic) bond motifs is 1. The molecule has 0 aliphatic heterocycles. The van der Waals surface area contributed by atoms with Crippen molar-refractivity contribution in [3.63, 3.8) is 0 Å². The maximum absolute atomic E-state index is 14.5. The fourth-order valence-corrected chi connectivity index (χ4v) is 5.03. The number of carbonyl (C=O) groups excluding carboxylic acids is 1. The number of benzene rings is 2. The van der Waals surface area contributed by atoms with Crippen molar-refractivity contribution in [3.05, 3.63) is 59.4 Å². The molecule has 0 bridgehead atoms. The van der Waals surface area contributed by atoms with Crippen LogP contribution in [0.2, 0.25) is 0 Å². The van der Waals surface area contributed by atoms with Crippen molar-refractivity contribution in [2.75, 3.05) is 20.3 Å². The standard InChI is InChI=1S/C26H27F3N2O2/c1-33-14-26(6-7-26)13-30-25(32)17-8-15(9-17)10-20-21-11-19(28)12-22(29)24(21)31-23(20)16-2-4-18(27)5-3-16/h2-5,11-12,15,17,31H,6-10,13-14H2,1H3,(H,30,32). The monoisotopic (exact) mass is 456 g/mol. The molecule has 2 aliphatic rings. The minimum absolute atomic E-state index is 0.0405. The number of amides is 1. The van der Waals surface area contributed by atoms with Crippen LogP contribution in [0.25, 0.3) is 22.2 Å². The number of aromatic amines is 1. The van der Waals surface area contributed by atoms with Crippen molar-refractivity contribution in [3.8, 4) is 11.3 Å². The number of hydrogen-bond acceptors (Lipinski definition) is 2. The van der Waals surface area contributed by atoms with Gasteiger partial charge in [0.05, 0.1) is 12.1 Å². The molecule has 1 amide bonds. The van der Waals surface area contributed by atoms with Gasteiger partial charge in [-0.05, 0) is 79.5 Å². The predicted molar refractivity (Wildman–Crippen MR) is 120 cm³/mol. The molecule has 5 rings (SSSR count). The molecule has 0 spiro atoms. The molecule has 2 aromatic carbocycles. The molecule has 0 unspecified atom stereocenters. The third-order valence-corrected chi connectivity index (χ3v) is 7.21. The molecule has 7 heteroatoms. The molecule has 1 aromatic heterocycles. The molecular formula is C26H27F3N2O2. The highest BCUT2D eigenvalue weighted by atomic mass is 19.1. The van der Waals surface area contributed by atoms with Crippen molar-refractivity contribution in [2.24, 2.45) is 17.3 Å². The zero-order chi connectivity index (χ0) is 23.2. The molecule has 3 aromatic rings. The van der Waals surface area contributed by atoms with Crippen LogP contribution in [0.4, 0.5) is 13.2 Å². The number of halogens is 3. The van der Waals surface area contributed by atoms with Gasteiger partial charge in [-0.3, -0.25) is 4.79 Å². The zero-order valence-corrected chi connectivity index (χ0v) is 18.5. The van der Waals surface area contributed by atoms with E-state index >= 15 is 0 Å². The summed E-state index contributed by atoms with van der Waals surface area (Å²) >= 11 is 0. The van der Waals surface area contributed by atoms with E-state index < -0.39 is 11.6 Å². The van der Waals surface area contributed by atoms with Crippen molar-refractivity contribution < 1.29 is 22.7 Å². The average Bonchev–Trinajstić information content (AvgIpc) is 3.42. The van der Waals surface area contributed by atoms with E-state index in [1.54, 1.807) is 19.2 Å². The van der Waals surface area contributed by atoms with Gasteiger partial charge in [0.2, 0.25) is 5.91 Å². The quantitative estimate of drug-likeness (QED) is 0.479. The number of aromatic nitrogens is 1. The smallest absolute Gasteiger partial charge is 0.223 e. The first-order valence-corrected chi connectivity index (χ1v) is 11.4. The summed E-state index contributed by atoms with van der Waals surface area (Å²) in [6.07, 6.45) is 4.21. The van der Waals surface area contributed by atoms with Gasteiger partial charge in [0.1, 0.15) is 17.5 Å². The molecule has 2 saturated carbocycles. The number of hydrogen-bond donors (Lipinski definition) is 2. The van der Waals surface area contributed by atoms with Crippen molar-refractivity contribution in [1.82, 2.24) is 10.3 Å². The minimum atomic E-state index is -0.657. The highest BCUT2D eigenvalue weighted by Crippen LogP contribution is 2.45. The number of nitrogens with one attached hydrogen (secondary N) is 2. The van der Waals surface area contributed by atoms with Crippen LogP contribution < -0.4 is 5.32 Å². The van der Waals surface area contributed by atoms with Crippen LogP contribution in [0.1, 0.15) is 31.2 Å². The Morgan fingerprint density at radius 3 is 2.52 bits per heavy atom. The summed E-state index contributed by atoms with van der Waals surface area (Å²) in [5.74, 6) is -1.39. The number of carbonyl (C=O) groups is 1. The summed E-state index contributed by atoms with van der Waals surface area (Å²) in [7, 11) is 1.68. The Hall–Kier alpha value is -2.80. The Labute approximate surface area is 190 Å². The number of methoxy groups -OCH3 is 1. The van der Waals surface area contributed by atoms with Gasteiger partial charge in [-0.25, -0.2) is 13.2 Å². The van der Waals surface area contributed by atoms with Gasteiger partial charge in [-0.2, -0.15) is 0 Å². The van der Waals surface area contributed by atoms with E-state index in [-0.39, 0.29) is 34.5 Å². The molecule has 33 heavy (non-hydrogen) atoms. The summed E-state index contributed by atoms with van der Waals surface area (Å²) in [6.45, 7) is 1.32. The molecule has 0 radical (unpaired) electrons. The third kappa shape index (κ3) is 4.38. The summed E-state index contributed by atoms with van der Waals surface area (Å²) in [4.78, 5) is 15.7. The first-order valence-electron chi connectivity index (χ1n) is 11.4. The van der Waals surface area contributed by atoms with E-state index in [9.17, 15) is 18.0 Å².